The van der Waals surface area contributed by atoms with Crippen LogP contribution in [0.3, 0.4) is 0 Å². The number of urea groups is 1. The third-order valence-corrected chi connectivity index (χ3v) is 4.92. The van der Waals surface area contributed by atoms with Crippen LogP contribution in [0.2, 0.25) is 0 Å². The summed E-state index contributed by atoms with van der Waals surface area (Å²) in [4.78, 5) is 19.4. The summed E-state index contributed by atoms with van der Waals surface area (Å²) in [6.07, 6.45) is 6.35. The van der Waals surface area contributed by atoms with Crippen molar-refractivity contribution in [2.75, 3.05) is 11.9 Å². The molecule has 28 heavy (non-hydrogen) atoms. The Balaban J connectivity index is 1.56. The number of nitrogens with one attached hydrogen (secondary N) is 1. The summed E-state index contributed by atoms with van der Waals surface area (Å²) in [6, 6.07) is 9.08. The molecule has 1 N–H and O–H groups in total. The Morgan fingerprint density at radius 1 is 1.25 bits per heavy atom. The fourth-order valence-corrected chi connectivity index (χ4v) is 3.43. The normalized spacial score (nSPS) is 17.1. The third kappa shape index (κ3) is 3.62. The van der Waals surface area contributed by atoms with E-state index in [9.17, 15) is 4.79 Å². The van der Waals surface area contributed by atoms with Crippen LogP contribution in [0.1, 0.15) is 56.8 Å². The van der Waals surface area contributed by atoms with Gasteiger partial charge < -0.3 is 14.7 Å². The van der Waals surface area contributed by atoms with E-state index in [-0.39, 0.29) is 18.0 Å². The zero-order valence-corrected chi connectivity index (χ0v) is 16.1. The van der Waals surface area contributed by atoms with Gasteiger partial charge in [0.05, 0.1) is 11.4 Å². The van der Waals surface area contributed by atoms with Crippen molar-refractivity contribution >= 4 is 11.7 Å². The van der Waals surface area contributed by atoms with Crippen molar-refractivity contribution in [1.82, 2.24) is 24.8 Å². The Hall–Kier alpha value is -3.16. The largest absolute Gasteiger partial charge is 0.337 e. The molecule has 4 rings (SSSR count). The van der Waals surface area contributed by atoms with Crippen molar-refractivity contribution in [2.24, 2.45) is 0 Å². The molecular weight excluding hydrogens is 356 g/mol. The lowest BCUT2D eigenvalue weighted by atomic mass is 10.0. The number of amides is 2. The molecule has 3 aromatic rings. The summed E-state index contributed by atoms with van der Waals surface area (Å²) >= 11 is 0. The van der Waals surface area contributed by atoms with Gasteiger partial charge in [-0.3, -0.25) is 0 Å². The zero-order valence-electron chi connectivity index (χ0n) is 16.1. The molecule has 1 fully saturated rings. The lowest BCUT2D eigenvalue weighted by Gasteiger charge is -2.33. The summed E-state index contributed by atoms with van der Waals surface area (Å²) < 4.78 is 7.21. The molecule has 2 amide bonds. The lowest BCUT2D eigenvalue weighted by molar-refractivity contribution is 0.142. The molecule has 146 valence electrons. The second-order valence-corrected chi connectivity index (χ2v) is 7.25. The minimum atomic E-state index is -0.203. The maximum Gasteiger partial charge on any atom is 0.322 e. The van der Waals surface area contributed by atoms with Crippen LogP contribution in [0.15, 0.2) is 47.2 Å². The first-order valence-corrected chi connectivity index (χ1v) is 9.63. The molecule has 1 saturated heterocycles. The van der Waals surface area contributed by atoms with E-state index in [1.54, 1.807) is 15.8 Å². The number of rotatable bonds is 4. The number of hydrogen-bond donors (Lipinski definition) is 1. The average molecular weight is 380 g/mol. The van der Waals surface area contributed by atoms with E-state index in [0.29, 0.717) is 23.9 Å². The van der Waals surface area contributed by atoms with Gasteiger partial charge in [-0.2, -0.15) is 10.1 Å². The fourth-order valence-electron chi connectivity index (χ4n) is 3.43. The first-order valence-electron chi connectivity index (χ1n) is 9.63. The van der Waals surface area contributed by atoms with Gasteiger partial charge in [0.15, 0.2) is 5.82 Å². The first-order chi connectivity index (χ1) is 13.6. The lowest BCUT2D eigenvalue weighted by Crippen LogP contribution is -2.41. The van der Waals surface area contributed by atoms with Crippen LogP contribution in [-0.2, 0) is 0 Å². The smallest absolute Gasteiger partial charge is 0.322 e. The summed E-state index contributed by atoms with van der Waals surface area (Å²) in [6.45, 7) is 4.69. The van der Waals surface area contributed by atoms with Crippen LogP contribution >= 0.6 is 0 Å². The van der Waals surface area contributed by atoms with Gasteiger partial charge in [-0.25, -0.2) is 9.48 Å². The molecule has 0 saturated carbocycles. The predicted molar refractivity (Wildman–Crippen MR) is 104 cm³/mol. The van der Waals surface area contributed by atoms with E-state index in [1.807, 2.05) is 50.4 Å². The van der Waals surface area contributed by atoms with Crippen LogP contribution in [0.4, 0.5) is 10.5 Å². The van der Waals surface area contributed by atoms with Crippen molar-refractivity contribution in [3.05, 3.63) is 54.4 Å². The topological polar surface area (TPSA) is 89.1 Å². The molecule has 0 aliphatic carbocycles. The van der Waals surface area contributed by atoms with Gasteiger partial charge in [-0.15, -0.1) is 0 Å². The van der Waals surface area contributed by atoms with Crippen LogP contribution in [0.5, 0.6) is 0 Å². The van der Waals surface area contributed by atoms with Crippen molar-refractivity contribution in [1.29, 1.82) is 0 Å². The molecule has 0 unspecified atom stereocenters. The predicted octanol–water partition coefficient (Wildman–Crippen LogP) is 4.14. The Morgan fingerprint density at radius 2 is 2.11 bits per heavy atom. The average Bonchev–Trinajstić information content (AvgIpc) is 3.41. The molecular formula is C20H24N6O2. The number of piperidine rings is 1. The van der Waals surface area contributed by atoms with Crippen molar-refractivity contribution in [3.8, 4) is 5.69 Å². The minimum absolute atomic E-state index is 0.173. The van der Waals surface area contributed by atoms with Crippen LogP contribution in [0, 0.1) is 0 Å². The number of para-hydroxylation sites is 2. The monoisotopic (exact) mass is 380 g/mol. The minimum Gasteiger partial charge on any atom is -0.337 e. The van der Waals surface area contributed by atoms with Crippen LogP contribution < -0.4 is 5.32 Å². The second kappa shape index (κ2) is 7.84. The van der Waals surface area contributed by atoms with E-state index in [4.69, 9.17) is 4.52 Å². The second-order valence-electron chi connectivity index (χ2n) is 7.25. The van der Waals surface area contributed by atoms with Gasteiger partial charge in [-0.05, 0) is 37.5 Å². The standard InChI is InChI=1S/C20H24N6O2/c1-14(2)18-23-19(28-24-18)17-10-5-6-12-25(17)20(27)22-15-8-3-4-9-16(15)26-13-7-11-21-26/h3-4,7-9,11,13-14,17H,5-6,10,12H2,1-2H3,(H,22,27)/t17-/m0/s1. The molecule has 8 nitrogen and oxygen atoms in total. The Labute approximate surface area is 163 Å². The van der Waals surface area contributed by atoms with E-state index in [2.05, 4.69) is 20.6 Å². The summed E-state index contributed by atoms with van der Waals surface area (Å²) in [7, 11) is 0. The highest BCUT2D eigenvalue weighted by Crippen LogP contribution is 2.31. The summed E-state index contributed by atoms with van der Waals surface area (Å²) in [5, 5.41) is 11.4. The molecule has 1 atom stereocenters. The first kappa shape index (κ1) is 18.2. The maximum absolute atomic E-state index is 13.1. The van der Waals surface area contributed by atoms with E-state index in [0.717, 1.165) is 24.9 Å². The molecule has 3 heterocycles. The molecule has 0 spiro atoms. The quantitative estimate of drug-likeness (QED) is 0.735. The highest BCUT2D eigenvalue weighted by molar-refractivity contribution is 5.91. The number of benzene rings is 1. The van der Waals surface area contributed by atoms with Crippen LogP contribution in [-0.4, -0.2) is 37.4 Å². The SMILES string of the molecule is CC(C)c1noc([C@@H]2CCCCN2C(=O)Nc2ccccc2-n2cccn2)n1. The number of carbonyl (C=O) groups is 1. The van der Waals surface area contributed by atoms with E-state index >= 15 is 0 Å². The number of nitrogens with zero attached hydrogens (tertiary/aromatic N) is 5. The van der Waals surface area contributed by atoms with Gasteiger partial charge in [0, 0.05) is 24.9 Å². The number of carbonyl (C=O) groups excluding carboxylic acids is 1. The zero-order chi connectivity index (χ0) is 19.5. The number of hydrogen-bond acceptors (Lipinski definition) is 5. The maximum atomic E-state index is 13.1. The third-order valence-electron chi connectivity index (χ3n) is 4.92. The Kier molecular flexibility index (Phi) is 5.10. The molecule has 8 heteroatoms. The van der Waals surface area contributed by atoms with Crippen molar-refractivity contribution in [2.45, 2.75) is 45.1 Å². The summed E-state index contributed by atoms with van der Waals surface area (Å²) in [5.74, 6) is 1.37. The Morgan fingerprint density at radius 3 is 2.86 bits per heavy atom. The Bertz CT molecular complexity index is 934. The van der Waals surface area contributed by atoms with Gasteiger partial charge in [0.2, 0.25) is 5.89 Å². The molecule has 1 aliphatic heterocycles. The van der Waals surface area contributed by atoms with E-state index < -0.39 is 0 Å². The molecule has 0 radical (unpaired) electrons. The number of aromatic nitrogens is 4. The number of likely N-dealkylation sites (tertiary alicyclic amines) is 1. The van der Waals surface area contributed by atoms with E-state index in [1.165, 1.54) is 0 Å². The highest BCUT2D eigenvalue weighted by atomic mass is 16.5. The fraction of sp³-hybridized carbons (Fsp3) is 0.400. The summed E-state index contributed by atoms with van der Waals surface area (Å²) in [5.41, 5.74) is 1.52. The van der Waals surface area contributed by atoms with Gasteiger partial charge in [-0.1, -0.05) is 31.1 Å². The van der Waals surface area contributed by atoms with Crippen LogP contribution in [0.25, 0.3) is 5.69 Å². The van der Waals surface area contributed by atoms with Crippen molar-refractivity contribution < 1.29 is 9.32 Å². The molecule has 1 aliphatic rings. The highest BCUT2D eigenvalue weighted by Gasteiger charge is 2.32. The molecule has 1 aromatic carbocycles. The molecule has 0 bridgehead atoms. The van der Waals surface area contributed by atoms with Gasteiger partial charge >= 0.3 is 6.03 Å². The van der Waals surface area contributed by atoms with Crippen molar-refractivity contribution in [3.63, 3.8) is 0 Å². The van der Waals surface area contributed by atoms with Gasteiger partial charge in [0.1, 0.15) is 6.04 Å². The molecule has 2 aromatic heterocycles. The van der Waals surface area contributed by atoms with Gasteiger partial charge in [0.25, 0.3) is 0 Å². The number of anilines is 1.